The highest BCUT2D eigenvalue weighted by atomic mass is 19.2. The molecule has 0 aliphatic rings. The second-order valence-electron chi connectivity index (χ2n) is 28.8. The standard InChI is InChI=1S/C46H36F4.C44H32F4/c1-45(2,3)27-19-15-25(16-20-27)33-23-35-37(31-13-9-7-11-29(31)33)38-32-14-10-8-12-30(32)34(26-17-21-28(22-18-26)46(4,5)6)24-36(38)40-39(35)41(47)43(49)44(50)42(40)48;1-23(2)25-13-17-27(18-14-25)33-21-35-37(31-11-7-5-9-29(31)33)38-32-12-8-6-10-30(32)34(28-19-15-26(16-20-28)24(3)4)22-36(38)40-39(35)41(45)43(47)44(48)42(40)46/h7-24H,1-6H3;5-24H,1-4H3. The maximum Gasteiger partial charge on any atom is 0.198 e. The van der Waals surface area contributed by atoms with Gasteiger partial charge in [0.25, 0.3) is 0 Å². The Hall–Kier alpha value is -10.4. The Labute approximate surface area is 563 Å². The molecule has 0 aromatic heterocycles. The SMILES string of the molecule is CC(C)(C)c1ccc(-c2cc3c4c(F)c(F)c(F)c(F)c4c4cc(-c5ccc(C(C)(C)C)cc5)c5ccccc5c4c3c3ccccc23)cc1.CC(C)c1ccc(-c2cc3c4c(F)c(F)c(F)c(F)c4c4cc(-c5ccc(C(C)C)cc5)c5ccccc5c4c3c3ccccc23)cc1. The summed E-state index contributed by atoms with van der Waals surface area (Å²) < 4.78 is 126. The largest absolute Gasteiger partial charge is 0.203 e. The van der Waals surface area contributed by atoms with Crippen molar-refractivity contribution in [1.82, 2.24) is 0 Å². The number of benzene rings is 16. The lowest BCUT2D eigenvalue weighted by Gasteiger charge is -2.21. The lowest BCUT2D eigenvalue weighted by molar-refractivity contribution is 0.418. The summed E-state index contributed by atoms with van der Waals surface area (Å²) in [5.74, 6) is -12.2. The molecular weight excluding hydrogens is 1230 g/mol. The molecular formula is C90H68F8. The van der Waals surface area contributed by atoms with Crippen LogP contribution in [0.1, 0.15) is 103 Å². The quantitative estimate of drug-likeness (QED) is 0.0674. The molecule has 0 radical (unpaired) electrons. The van der Waals surface area contributed by atoms with Crippen LogP contribution in [0.25, 0.3) is 152 Å². The summed E-state index contributed by atoms with van der Waals surface area (Å²) in [7, 11) is 0. The van der Waals surface area contributed by atoms with E-state index in [1.54, 1.807) is 0 Å². The summed E-state index contributed by atoms with van der Waals surface area (Å²) in [4.78, 5) is 0. The van der Waals surface area contributed by atoms with Crippen LogP contribution in [0.4, 0.5) is 35.1 Å². The first kappa shape index (κ1) is 63.6. The lowest BCUT2D eigenvalue weighted by atomic mass is 9.82. The Morgan fingerprint density at radius 2 is 0.408 bits per heavy atom. The highest BCUT2D eigenvalue weighted by molar-refractivity contribution is 6.40. The molecule has 0 spiro atoms. The summed E-state index contributed by atoms with van der Waals surface area (Å²) in [5, 5.41) is 9.79. The van der Waals surface area contributed by atoms with Crippen molar-refractivity contribution in [2.75, 3.05) is 0 Å². The molecule has 0 amide bonds. The molecule has 98 heavy (non-hydrogen) atoms. The molecule has 0 unspecified atom stereocenters. The molecule has 0 aliphatic heterocycles. The average molecular weight is 1300 g/mol. The van der Waals surface area contributed by atoms with Gasteiger partial charge in [-0.05, 0) is 200 Å². The van der Waals surface area contributed by atoms with Crippen molar-refractivity contribution in [1.29, 1.82) is 0 Å². The minimum absolute atomic E-state index is 0.0596. The van der Waals surface area contributed by atoms with Crippen molar-refractivity contribution in [3.05, 3.63) is 287 Å². The minimum atomic E-state index is -1.82. The van der Waals surface area contributed by atoms with Crippen LogP contribution in [-0.4, -0.2) is 0 Å². The van der Waals surface area contributed by atoms with Gasteiger partial charge in [0.1, 0.15) is 0 Å². The zero-order chi connectivity index (χ0) is 68.7. The molecule has 0 fully saturated rings. The predicted molar refractivity (Wildman–Crippen MR) is 395 cm³/mol. The summed E-state index contributed by atoms with van der Waals surface area (Å²) in [6, 6.07) is 71.5. The third kappa shape index (κ3) is 10.1. The van der Waals surface area contributed by atoms with Crippen LogP contribution in [0.2, 0.25) is 0 Å². The molecule has 16 rings (SSSR count). The van der Waals surface area contributed by atoms with E-state index in [9.17, 15) is 0 Å². The van der Waals surface area contributed by atoms with Gasteiger partial charge in [-0.2, -0.15) is 0 Å². The van der Waals surface area contributed by atoms with Gasteiger partial charge in [-0.1, -0.05) is 263 Å². The van der Waals surface area contributed by atoms with E-state index in [4.69, 9.17) is 0 Å². The van der Waals surface area contributed by atoms with Gasteiger partial charge in [0.2, 0.25) is 0 Å². The first-order valence-corrected chi connectivity index (χ1v) is 33.3. The van der Waals surface area contributed by atoms with E-state index in [0.717, 1.165) is 98.7 Å². The van der Waals surface area contributed by atoms with Crippen molar-refractivity contribution in [2.45, 2.75) is 91.9 Å². The number of halogens is 8. The highest BCUT2D eigenvalue weighted by Gasteiger charge is 2.31. The molecule has 8 heteroatoms. The minimum Gasteiger partial charge on any atom is -0.203 e. The normalized spacial score (nSPS) is 12.4. The molecule has 16 aromatic rings. The Bertz CT molecular complexity index is 5620. The highest BCUT2D eigenvalue weighted by Crippen LogP contribution is 2.52. The van der Waals surface area contributed by atoms with Crippen LogP contribution in [0, 0.1) is 46.5 Å². The number of hydrogen-bond acceptors (Lipinski definition) is 0. The van der Waals surface area contributed by atoms with Crippen molar-refractivity contribution >= 4 is 108 Å². The Morgan fingerprint density at radius 1 is 0.214 bits per heavy atom. The van der Waals surface area contributed by atoms with Gasteiger partial charge < -0.3 is 0 Å². The van der Waals surface area contributed by atoms with E-state index < -0.39 is 46.5 Å². The fourth-order valence-electron chi connectivity index (χ4n) is 15.0. The average Bonchev–Trinajstić information content (AvgIpc) is 0.701. The Morgan fingerprint density at radius 3 is 0.602 bits per heavy atom. The van der Waals surface area contributed by atoms with Crippen molar-refractivity contribution in [3.8, 4) is 44.5 Å². The van der Waals surface area contributed by atoms with Gasteiger partial charge in [0, 0.05) is 21.5 Å². The van der Waals surface area contributed by atoms with Crippen LogP contribution >= 0.6 is 0 Å². The maximum absolute atomic E-state index is 16.3. The van der Waals surface area contributed by atoms with Crippen molar-refractivity contribution in [2.24, 2.45) is 0 Å². The topological polar surface area (TPSA) is 0 Å². The zero-order valence-electron chi connectivity index (χ0n) is 56.0. The number of rotatable bonds is 6. The molecule has 0 atom stereocenters. The van der Waals surface area contributed by atoms with Gasteiger partial charge in [-0.3, -0.25) is 0 Å². The Kier molecular flexibility index (Phi) is 15.4. The summed E-state index contributed by atoms with van der Waals surface area (Å²) in [6.45, 7) is 21.4. The molecule has 0 nitrogen and oxygen atoms in total. The lowest BCUT2D eigenvalue weighted by Crippen LogP contribution is -2.10. The third-order valence-electron chi connectivity index (χ3n) is 20.2. The molecule has 16 aromatic carbocycles. The predicted octanol–water partition coefficient (Wildman–Crippen LogP) is 27.5. The molecule has 0 heterocycles. The fourth-order valence-corrected chi connectivity index (χ4v) is 15.0. The van der Waals surface area contributed by atoms with Crippen molar-refractivity contribution in [3.63, 3.8) is 0 Å². The van der Waals surface area contributed by atoms with E-state index in [0.29, 0.717) is 54.9 Å². The van der Waals surface area contributed by atoms with Crippen LogP contribution in [-0.2, 0) is 10.8 Å². The van der Waals surface area contributed by atoms with Crippen LogP contribution in [0.5, 0.6) is 0 Å². The van der Waals surface area contributed by atoms with Crippen LogP contribution in [0.3, 0.4) is 0 Å². The summed E-state index contributed by atoms with van der Waals surface area (Å²) in [6.07, 6.45) is 0. The van der Waals surface area contributed by atoms with Gasteiger partial charge >= 0.3 is 0 Å². The van der Waals surface area contributed by atoms with E-state index in [-0.39, 0.29) is 32.4 Å². The van der Waals surface area contributed by atoms with E-state index in [2.05, 4.69) is 118 Å². The van der Waals surface area contributed by atoms with Gasteiger partial charge in [-0.25, -0.2) is 35.1 Å². The van der Waals surface area contributed by atoms with Gasteiger partial charge in [0.15, 0.2) is 46.5 Å². The third-order valence-corrected chi connectivity index (χ3v) is 20.2. The van der Waals surface area contributed by atoms with Crippen molar-refractivity contribution < 1.29 is 35.1 Å². The fraction of sp³-hybridized carbons (Fsp3) is 0.156. The van der Waals surface area contributed by atoms with Crippen LogP contribution < -0.4 is 0 Å². The van der Waals surface area contributed by atoms with E-state index >= 15 is 35.1 Å². The second-order valence-corrected chi connectivity index (χ2v) is 28.8. The number of hydrogen-bond donors (Lipinski definition) is 0. The molecule has 0 saturated heterocycles. The van der Waals surface area contributed by atoms with Gasteiger partial charge in [0.05, 0.1) is 0 Å². The molecule has 0 saturated carbocycles. The van der Waals surface area contributed by atoms with E-state index in [1.807, 2.05) is 170 Å². The first-order chi connectivity index (χ1) is 46.9. The Balaban J connectivity index is 0.000000160. The molecule has 0 bridgehead atoms. The van der Waals surface area contributed by atoms with Crippen LogP contribution in [0.15, 0.2) is 218 Å². The zero-order valence-corrected chi connectivity index (χ0v) is 56.0. The smallest absolute Gasteiger partial charge is 0.198 e. The molecule has 484 valence electrons. The maximum atomic E-state index is 16.3. The molecule has 0 N–H and O–H groups in total. The number of fused-ring (bicyclic) bond motifs is 20. The monoisotopic (exact) mass is 1300 g/mol. The second kappa shape index (κ2) is 23.7. The summed E-state index contributed by atoms with van der Waals surface area (Å²) >= 11 is 0. The first-order valence-electron chi connectivity index (χ1n) is 33.3. The summed E-state index contributed by atoms with van der Waals surface area (Å²) in [5.41, 5.74) is 11.3. The van der Waals surface area contributed by atoms with Gasteiger partial charge in [-0.15, -0.1) is 0 Å². The molecule has 0 aliphatic carbocycles. The van der Waals surface area contributed by atoms with E-state index in [1.165, 1.54) is 11.1 Å².